The second kappa shape index (κ2) is 10.5. The van der Waals surface area contributed by atoms with E-state index in [0.717, 1.165) is 30.6 Å². The highest BCUT2D eigenvalue weighted by atomic mass is 35.5. The number of halogens is 1. The van der Waals surface area contributed by atoms with E-state index < -0.39 is 5.41 Å². The Labute approximate surface area is 146 Å². The molecule has 4 nitrogen and oxygen atoms in total. The molecule has 1 atom stereocenters. The summed E-state index contributed by atoms with van der Waals surface area (Å²) in [5.74, 6) is 0.870. The third-order valence-corrected chi connectivity index (χ3v) is 3.97. The van der Waals surface area contributed by atoms with Crippen LogP contribution in [-0.2, 0) is 11.2 Å². The van der Waals surface area contributed by atoms with Crippen molar-refractivity contribution in [3.8, 4) is 5.75 Å². The number of para-hydroxylation sites is 1. The lowest BCUT2D eigenvalue weighted by Crippen LogP contribution is -2.46. The molecule has 0 fully saturated rings. The summed E-state index contributed by atoms with van der Waals surface area (Å²) in [6.45, 7) is 6.54. The van der Waals surface area contributed by atoms with Crippen molar-refractivity contribution in [2.45, 2.75) is 52.5 Å². The first-order valence-corrected chi connectivity index (χ1v) is 8.07. The Hall–Kier alpha value is -1.26. The predicted molar refractivity (Wildman–Crippen MR) is 98.2 cm³/mol. The highest BCUT2D eigenvalue weighted by Crippen LogP contribution is 2.28. The lowest BCUT2D eigenvalue weighted by molar-refractivity contribution is -0.130. The summed E-state index contributed by atoms with van der Waals surface area (Å²) in [6, 6.07) is 7.89. The number of unbranched alkanes of at least 4 members (excludes halogenated alkanes) is 1. The van der Waals surface area contributed by atoms with Gasteiger partial charge in [0.1, 0.15) is 5.75 Å². The molecule has 0 saturated heterocycles. The van der Waals surface area contributed by atoms with Gasteiger partial charge in [0.25, 0.3) is 0 Å². The van der Waals surface area contributed by atoms with Crippen molar-refractivity contribution in [2.75, 3.05) is 13.7 Å². The molecule has 0 aliphatic carbocycles. The number of benzene rings is 1. The summed E-state index contributed by atoms with van der Waals surface area (Å²) in [5, 5.41) is 3.09. The summed E-state index contributed by atoms with van der Waals surface area (Å²) in [5.41, 5.74) is 6.31. The van der Waals surface area contributed by atoms with Crippen LogP contribution < -0.4 is 15.8 Å². The highest BCUT2D eigenvalue weighted by Gasteiger charge is 2.30. The lowest BCUT2D eigenvalue weighted by atomic mass is 9.84. The maximum Gasteiger partial charge on any atom is 0.226 e. The van der Waals surface area contributed by atoms with Gasteiger partial charge in [-0.15, -0.1) is 12.4 Å². The van der Waals surface area contributed by atoms with Crippen LogP contribution in [0.4, 0.5) is 0 Å². The number of ether oxygens (including phenoxy) is 1. The van der Waals surface area contributed by atoms with Crippen molar-refractivity contribution < 1.29 is 9.53 Å². The van der Waals surface area contributed by atoms with Gasteiger partial charge in [0.05, 0.1) is 7.11 Å². The van der Waals surface area contributed by atoms with Crippen molar-refractivity contribution in [3.63, 3.8) is 0 Å². The van der Waals surface area contributed by atoms with Crippen LogP contribution in [0.3, 0.4) is 0 Å². The van der Waals surface area contributed by atoms with Crippen molar-refractivity contribution in [2.24, 2.45) is 11.1 Å². The van der Waals surface area contributed by atoms with Gasteiger partial charge in [0.2, 0.25) is 5.91 Å². The monoisotopic (exact) mass is 342 g/mol. The molecule has 0 bridgehead atoms. The molecule has 1 rings (SSSR count). The minimum absolute atomic E-state index is 0. The Balaban J connectivity index is 0.00000484. The molecule has 1 amide bonds. The molecule has 0 aromatic heterocycles. The van der Waals surface area contributed by atoms with Crippen LogP contribution in [0, 0.1) is 5.41 Å². The molecular weight excluding hydrogens is 312 g/mol. The van der Waals surface area contributed by atoms with E-state index in [1.807, 2.05) is 38.1 Å². The molecule has 0 heterocycles. The van der Waals surface area contributed by atoms with Gasteiger partial charge in [-0.05, 0) is 24.5 Å². The second-order valence-corrected chi connectivity index (χ2v) is 6.42. The summed E-state index contributed by atoms with van der Waals surface area (Å²) >= 11 is 0. The van der Waals surface area contributed by atoms with Crippen molar-refractivity contribution in [3.05, 3.63) is 29.8 Å². The number of amides is 1. The van der Waals surface area contributed by atoms with Gasteiger partial charge in [-0.2, -0.15) is 0 Å². The van der Waals surface area contributed by atoms with Crippen molar-refractivity contribution in [1.29, 1.82) is 0 Å². The molecular formula is C18H31ClN2O2. The number of nitrogens with one attached hydrogen (secondary N) is 1. The van der Waals surface area contributed by atoms with E-state index in [1.54, 1.807) is 7.11 Å². The standard InChI is InChI=1S/C18H30N2O2.ClH/c1-5-6-10-15(13-19)20-17(21)18(2,3)12-14-9-7-8-11-16(14)22-4;/h7-9,11,15H,5-6,10,12-13,19H2,1-4H3,(H,20,21);1H. The van der Waals surface area contributed by atoms with E-state index in [1.165, 1.54) is 0 Å². The molecule has 3 N–H and O–H groups in total. The normalized spacial score (nSPS) is 12.2. The van der Waals surface area contributed by atoms with Gasteiger partial charge < -0.3 is 15.8 Å². The van der Waals surface area contributed by atoms with Crippen LogP contribution in [0.15, 0.2) is 24.3 Å². The Morgan fingerprint density at radius 2 is 2.00 bits per heavy atom. The average molecular weight is 343 g/mol. The lowest BCUT2D eigenvalue weighted by Gasteiger charge is -2.27. The minimum Gasteiger partial charge on any atom is -0.496 e. The first-order valence-electron chi connectivity index (χ1n) is 8.07. The Bertz CT molecular complexity index is 478. The third kappa shape index (κ3) is 6.80. The number of nitrogens with two attached hydrogens (primary N) is 1. The zero-order valence-electron chi connectivity index (χ0n) is 14.7. The molecule has 0 aliphatic rings. The molecule has 1 aromatic rings. The molecule has 0 radical (unpaired) electrons. The molecule has 0 spiro atoms. The van der Waals surface area contributed by atoms with Gasteiger partial charge >= 0.3 is 0 Å². The quantitative estimate of drug-likeness (QED) is 0.723. The fourth-order valence-electron chi connectivity index (χ4n) is 2.49. The summed E-state index contributed by atoms with van der Waals surface area (Å²) in [6.07, 6.45) is 3.75. The fraction of sp³-hybridized carbons (Fsp3) is 0.611. The van der Waals surface area contributed by atoms with E-state index in [9.17, 15) is 4.79 Å². The highest BCUT2D eigenvalue weighted by molar-refractivity contribution is 5.85. The SMILES string of the molecule is CCCCC(CN)NC(=O)C(C)(C)Cc1ccccc1OC.Cl. The van der Waals surface area contributed by atoms with Gasteiger partial charge in [-0.1, -0.05) is 51.8 Å². The molecule has 5 heteroatoms. The average Bonchev–Trinajstić information content (AvgIpc) is 2.51. The Kier molecular flexibility index (Phi) is 9.93. The molecule has 0 aliphatic heterocycles. The maximum atomic E-state index is 12.6. The summed E-state index contributed by atoms with van der Waals surface area (Å²) < 4.78 is 5.37. The number of hydrogen-bond donors (Lipinski definition) is 2. The zero-order chi connectivity index (χ0) is 16.6. The van der Waals surface area contributed by atoms with Crippen LogP contribution in [0.2, 0.25) is 0 Å². The Morgan fingerprint density at radius 1 is 1.35 bits per heavy atom. The van der Waals surface area contributed by atoms with Gasteiger partial charge in [-0.25, -0.2) is 0 Å². The van der Waals surface area contributed by atoms with Gasteiger partial charge in [0.15, 0.2) is 0 Å². The topological polar surface area (TPSA) is 64.3 Å². The molecule has 0 saturated carbocycles. The molecule has 1 unspecified atom stereocenters. The number of methoxy groups -OCH3 is 1. The van der Waals surface area contributed by atoms with Crippen LogP contribution in [0.5, 0.6) is 5.75 Å². The third-order valence-electron chi connectivity index (χ3n) is 3.97. The zero-order valence-corrected chi connectivity index (χ0v) is 15.5. The Morgan fingerprint density at radius 3 is 2.57 bits per heavy atom. The largest absolute Gasteiger partial charge is 0.496 e. The first kappa shape index (κ1) is 21.7. The number of rotatable bonds is 9. The van der Waals surface area contributed by atoms with Crippen molar-refractivity contribution >= 4 is 18.3 Å². The fourth-order valence-corrected chi connectivity index (χ4v) is 2.49. The molecule has 23 heavy (non-hydrogen) atoms. The summed E-state index contributed by atoms with van der Waals surface area (Å²) in [4.78, 5) is 12.6. The van der Waals surface area contributed by atoms with Crippen molar-refractivity contribution in [1.82, 2.24) is 5.32 Å². The predicted octanol–water partition coefficient (Wildman–Crippen LogP) is 3.32. The smallest absolute Gasteiger partial charge is 0.226 e. The van der Waals surface area contributed by atoms with Crippen LogP contribution >= 0.6 is 12.4 Å². The van der Waals surface area contributed by atoms with E-state index in [0.29, 0.717) is 13.0 Å². The number of carbonyl (C=O) groups excluding carboxylic acids is 1. The molecule has 132 valence electrons. The number of hydrogen-bond acceptors (Lipinski definition) is 3. The van der Waals surface area contributed by atoms with Crippen LogP contribution in [0.1, 0.15) is 45.6 Å². The van der Waals surface area contributed by atoms with E-state index in [2.05, 4.69) is 12.2 Å². The summed E-state index contributed by atoms with van der Waals surface area (Å²) in [7, 11) is 1.65. The minimum atomic E-state index is -0.506. The van der Waals surface area contributed by atoms with E-state index in [-0.39, 0.29) is 24.4 Å². The molecule has 1 aromatic carbocycles. The van der Waals surface area contributed by atoms with E-state index >= 15 is 0 Å². The van der Waals surface area contributed by atoms with Crippen LogP contribution in [-0.4, -0.2) is 25.6 Å². The maximum absolute atomic E-state index is 12.6. The second-order valence-electron chi connectivity index (χ2n) is 6.42. The van der Waals surface area contributed by atoms with Crippen LogP contribution in [0.25, 0.3) is 0 Å². The first-order chi connectivity index (χ1) is 10.4. The van der Waals surface area contributed by atoms with Gasteiger partial charge in [-0.3, -0.25) is 4.79 Å². The van der Waals surface area contributed by atoms with E-state index in [4.69, 9.17) is 10.5 Å². The number of carbonyl (C=O) groups is 1. The van der Waals surface area contributed by atoms with Gasteiger partial charge in [0, 0.05) is 18.0 Å².